The predicted octanol–water partition coefficient (Wildman–Crippen LogP) is 3.35. The van der Waals surface area contributed by atoms with Gasteiger partial charge in [-0.1, -0.05) is 55.0 Å². The Morgan fingerprint density at radius 3 is 2.44 bits per heavy atom. The molecule has 1 aliphatic rings. The van der Waals surface area contributed by atoms with Crippen LogP contribution in [0.4, 0.5) is 11.6 Å². The lowest BCUT2D eigenvalue weighted by Crippen LogP contribution is -2.40. The highest BCUT2D eigenvalue weighted by atomic mass is 16.2. The van der Waals surface area contributed by atoms with Crippen molar-refractivity contribution in [2.24, 2.45) is 13.0 Å². The molecule has 164 valence electrons. The third-order valence-corrected chi connectivity index (χ3v) is 6.31. The van der Waals surface area contributed by atoms with Crippen molar-refractivity contribution in [3.8, 4) is 0 Å². The van der Waals surface area contributed by atoms with Gasteiger partial charge in [0.05, 0.1) is 6.54 Å². The summed E-state index contributed by atoms with van der Waals surface area (Å²) in [5, 5.41) is 0. The van der Waals surface area contributed by atoms with Crippen molar-refractivity contribution >= 4 is 22.8 Å². The number of imidazole rings is 1. The van der Waals surface area contributed by atoms with Crippen LogP contribution < -0.4 is 16.1 Å². The number of nitrogens with zero attached hydrogens (tertiary/aromatic N) is 5. The van der Waals surface area contributed by atoms with E-state index in [0.717, 1.165) is 28.9 Å². The Hall–Kier alpha value is -3.61. The van der Waals surface area contributed by atoms with Crippen LogP contribution in [-0.2, 0) is 20.1 Å². The molecular weight excluding hydrogens is 402 g/mol. The second-order valence-electron chi connectivity index (χ2n) is 8.92. The molecule has 0 saturated carbocycles. The van der Waals surface area contributed by atoms with Crippen molar-refractivity contribution in [3.63, 3.8) is 0 Å². The molecule has 2 aromatic carbocycles. The third kappa shape index (κ3) is 3.16. The minimum absolute atomic E-state index is 0.235. The summed E-state index contributed by atoms with van der Waals surface area (Å²) in [4.78, 5) is 33.7. The highest BCUT2D eigenvalue weighted by Crippen LogP contribution is 2.34. The average Bonchev–Trinajstić information content (AvgIpc) is 3.16. The molecule has 7 nitrogen and oxygen atoms in total. The molecule has 0 bridgehead atoms. The number of hydrogen-bond donors (Lipinski definition) is 0. The number of fused-ring (bicyclic) bond motifs is 3. The van der Waals surface area contributed by atoms with E-state index < -0.39 is 0 Å². The fourth-order valence-electron chi connectivity index (χ4n) is 4.59. The minimum Gasteiger partial charge on any atom is -0.311 e. The first kappa shape index (κ1) is 20.3. The van der Waals surface area contributed by atoms with Gasteiger partial charge in [-0.3, -0.25) is 13.9 Å². The van der Waals surface area contributed by atoms with Gasteiger partial charge in [-0.2, -0.15) is 4.98 Å². The van der Waals surface area contributed by atoms with E-state index >= 15 is 0 Å². The smallest absolute Gasteiger partial charge is 0.311 e. The van der Waals surface area contributed by atoms with E-state index in [1.165, 1.54) is 9.13 Å². The number of benzene rings is 2. The van der Waals surface area contributed by atoms with Crippen LogP contribution in [0.25, 0.3) is 11.2 Å². The Kier molecular flexibility index (Phi) is 4.77. The van der Waals surface area contributed by atoms with Crippen molar-refractivity contribution in [1.82, 2.24) is 18.7 Å². The molecule has 0 fully saturated rings. The van der Waals surface area contributed by atoms with Gasteiger partial charge in [0.15, 0.2) is 11.2 Å². The number of aryl methyl sites for hydroxylation is 3. The summed E-state index contributed by atoms with van der Waals surface area (Å²) < 4.78 is 4.81. The number of hydrogen-bond acceptors (Lipinski definition) is 4. The molecule has 4 aromatic rings. The molecule has 1 aliphatic heterocycles. The molecule has 0 radical (unpaired) electrons. The maximum Gasteiger partial charge on any atom is 0.332 e. The SMILES string of the molecule is Cc1ccc(Cn2c(=O)c3c(nc4n3CC(C)CN4c3ccccc3C)n(C)c2=O)cc1. The average molecular weight is 430 g/mol. The van der Waals surface area contributed by atoms with Crippen LogP contribution in [0.3, 0.4) is 0 Å². The molecule has 5 rings (SSSR count). The minimum atomic E-state index is -0.353. The quantitative estimate of drug-likeness (QED) is 0.501. The first-order valence-electron chi connectivity index (χ1n) is 10.9. The Morgan fingerprint density at radius 1 is 1.00 bits per heavy atom. The largest absolute Gasteiger partial charge is 0.332 e. The van der Waals surface area contributed by atoms with E-state index in [9.17, 15) is 9.59 Å². The van der Waals surface area contributed by atoms with Gasteiger partial charge in [-0.25, -0.2) is 4.79 Å². The maximum atomic E-state index is 13.6. The lowest BCUT2D eigenvalue weighted by Gasteiger charge is -2.33. The molecule has 0 saturated heterocycles. The Morgan fingerprint density at radius 2 is 1.72 bits per heavy atom. The lowest BCUT2D eigenvalue weighted by molar-refractivity contribution is 0.457. The van der Waals surface area contributed by atoms with Gasteiger partial charge >= 0.3 is 5.69 Å². The number of anilines is 2. The standard InChI is InChI=1S/C25H27N5O2/c1-16-9-11-19(12-10-16)15-30-23(31)21-22(27(4)25(30)32)26-24-28(13-17(2)14-29(21)24)20-8-6-5-7-18(20)3/h5-12,17H,13-15H2,1-4H3. The fraction of sp³-hybridized carbons (Fsp3) is 0.320. The van der Waals surface area contributed by atoms with Crippen molar-refractivity contribution < 1.29 is 0 Å². The molecule has 1 atom stereocenters. The normalized spacial score (nSPS) is 15.9. The zero-order valence-electron chi connectivity index (χ0n) is 18.9. The summed E-state index contributed by atoms with van der Waals surface area (Å²) in [6, 6.07) is 16.1. The summed E-state index contributed by atoms with van der Waals surface area (Å²) >= 11 is 0. The van der Waals surface area contributed by atoms with E-state index in [-0.39, 0.29) is 17.8 Å². The van der Waals surface area contributed by atoms with Crippen LogP contribution in [0.2, 0.25) is 0 Å². The Bertz CT molecular complexity index is 1440. The molecule has 2 aromatic heterocycles. The van der Waals surface area contributed by atoms with Crippen LogP contribution >= 0.6 is 0 Å². The van der Waals surface area contributed by atoms with Crippen LogP contribution in [-0.4, -0.2) is 25.2 Å². The second kappa shape index (κ2) is 7.51. The van der Waals surface area contributed by atoms with Gasteiger partial charge in [0.2, 0.25) is 5.95 Å². The van der Waals surface area contributed by atoms with E-state index in [1.54, 1.807) is 7.05 Å². The number of para-hydroxylation sites is 1. The van der Waals surface area contributed by atoms with Gasteiger partial charge < -0.3 is 9.47 Å². The molecule has 0 N–H and O–H groups in total. The Labute approximate surface area is 186 Å². The van der Waals surface area contributed by atoms with Crippen molar-refractivity contribution in [3.05, 3.63) is 86.1 Å². The van der Waals surface area contributed by atoms with E-state index in [4.69, 9.17) is 4.98 Å². The fourth-order valence-corrected chi connectivity index (χ4v) is 4.59. The summed E-state index contributed by atoms with van der Waals surface area (Å²) in [7, 11) is 1.69. The lowest BCUT2D eigenvalue weighted by atomic mass is 10.1. The van der Waals surface area contributed by atoms with Gasteiger partial charge in [0, 0.05) is 25.8 Å². The monoisotopic (exact) mass is 429 g/mol. The first-order chi connectivity index (χ1) is 15.3. The number of rotatable bonds is 3. The second-order valence-corrected chi connectivity index (χ2v) is 8.92. The summed E-state index contributed by atoms with van der Waals surface area (Å²) in [5.41, 5.74) is 4.55. The zero-order valence-corrected chi connectivity index (χ0v) is 18.9. The van der Waals surface area contributed by atoms with Crippen molar-refractivity contribution in [2.75, 3.05) is 11.4 Å². The first-order valence-corrected chi connectivity index (χ1v) is 10.9. The van der Waals surface area contributed by atoms with Gasteiger partial charge in [-0.05, 0) is 37.0 Å². The van der Waals surface area contributed by atoms with Crippen LogP contribution in [0.5, 0.6) is 0 Å². The van der Waals surface area contributed by atoms with Crippen LogP contribution in [0.15, 0.2) is 58.1 Å². The summed E-state index contributed by atoms with van der Waals surface area (Å²) in [5.74, 6) is 1.04. The van der Waals surface area contributed by atoms with Crippen LogP contribution in [0, 0.1) is 19.8 Å². The molecular formula is C25H27N5O2. The summed E-state index contributed by atoms with van der Waals surface area (Å²) in [6.45, 7) is 7.99. The van der Waals surface area contributed by atoms with E-state index in [2.05, 4.69) is 30.9 Å². The topological polar surface area (TPSA) is 65.1 Å². The van der Waals surface area contributed by atoms with Gasteiger partial charge in [0.25, 0.3) is 5.56 Å². The third-order valence-electron chi connectivity index (χ3n) is 6.31. The zero-order chi connectivity index (χ0) is 22.6. The van der Waals surface area contributed by atoms with E-state index in [1.807, 2.05) is 47.9 Å². The van der Waals surface area contributed by atoms with Crippen molar-refractivity contribution in [1.29, 1.82) is 0 Å². The van der Waals surface area contributed by atoms with E-state index in [0.29, 0.717) is 29.6 Å². The molecule has 0 spiro atoms. The van der Waals surface area contributed by atoms with Crippen LogP contribution in [0.1, 0.15) is 23.6 Å². The summed E-state index contributed by atoms with van der Waals surface area (Å²) in [6.07, 6.45) is 0. The number of aromatic nitrogens is 4. The molecule has 1 unspecified atom stereocenters. The van der Waals surface area contributed by atoms with Gasteiger partial charge in [0.1, 0.15) is 0 Å². The van der Waals surface area contributed by atoms with Crippen molar-refractivity contribution in [2.45, 2.75) is 33.9 Å². The van der Waals surface area contributed by atoms with Gasteiger partial charge in [-0.15, -0.1) is 0 Å². The highest BCUT2D eigenvalue weighted by Gasteiger charge is 2.30. The highest BCUT2D eigenvalue weighted by molar-refractivity contribution is 5.77. The molecule has 32 heavy (non-hydrogen) atoms. The maximum absolute atomic E-state index is 13.6. The predicted molar refractivity (Wildman–Crippen MR) is 127 cm³/mol. The molecule has 0 amide bonds. The Balaban J connectivity index is 1.73. The molecule has 3 heterocycles. The molecule has 0 aliphatic carbocycles. The molecule has 7 heteroatoms.